The smallest absolute Gasteiger partial charge is 0.338 e. The monoisotopic (exact) mass is 530 g/mol. The molecule has 200 valence electrons. The first-order valence-electron chi connectivity index (χ1n) is 12.0. The first-order valence-corrected chi connectivity index (χ1v) is 12.8. The van der Waals surface area contributed by atoms with Gasteiger partial charge in [-0.05, 0) is 65.8 Å². The summed E-state index contributed by atoms with van der Waals surface area (Å²) >= 11 is 1.34. The normalized spacial score (nSPS) is 10.3. The summed E-state index contributed by atoms with van der Waals surface area (Å²) in [6, 6.07) is 6.82. The lowest BCUT2D eigenvalue weighted by molar-refractivity contribution is -0.131. The first-order chi connectivity index (χ1) is 17.7. The first kappa shape index (κ1) is 29.6. The lowest BCUT2D eigenvalue weighted by atomic mass is 10.2. The fourth-order valence-electron chi connectivity index (χ4n) is 2.99. The molecule has 0 atom stereocenters. The Labute approximate surface area is 222 Å². The van der Waals surface area contributed by atoms with Crippen molar-refractivity contribution in [1.82, 2.24) is 0 Å². The van der Waals surface area contributed by atoms with E-state index in [0.717, 1.165) is 0 Å². The Bertz CT molecular complexity index is 1070. The van der Waals surface area contributed by atoms with Gasteiger partial charge in [0.25, 0.3) is 0 Å². The van der Waals surface area contributed by atoms with Crippen LogP contribution in [0.3, 0.4) is 0 Å². The van der Waals surface area contributed by atoms with Crippen LogP contribution in [-0.4, -0.2) is 38.4 Å². The van der Waals surface area contributed by atoms with E-state index >= 15 is 0 Å². The Morgan fingerprint density at radius 2 is 0.946 bits per heavy atom. The standard InChI is InChI=1S/C28H34O8S/c1-9-31-23-19(35-27(29)17(5)6)13-15-21(25(23)33-11-3)37-22-16-14-20(36-28(30)18(7)8)24(32-10-2)26(22)34-12-4/h13-16H,5,7,9-12H2,1-4,6,8H3. The lowest BCUT2D eigenvalue weighted by Gasteiger charge is -2.20. The van der Waals surface area contributed by atoms with Gasteiger partial charge in [0.1, 0.15) is 0 Å². The number of carbonyl (C=O) groups excluding carboxylic acids is 2. The van der Waals surface area contributed by atoms with E-state index < -0.39 is 11.9 Å². The fraction of sp³-hybridized carbons (Fsp3) is 0.357. The van der Waals surface area contributed by atoms with E-state index in [-0.39, 0.29) is 22.6 Å². The van der Waals surface area contributed by atoms with Gasteiger partial charge in [0.2, 0.25) is 11.5 Å². The van der Waals surface area contributed by atoms with Gasteiger partial charge in [0.15, 0.2) is 23.0 Å². The third-order valence-corrected chi connectivity index (χ3v) is 5.64. The minimum atomic E-state index is -0.566. The highest BCUT2D eigenvalue weighted by atomic mass is 32.2. The highest BCUT2D eigenvalue weighted by Crippen LogP contribution is 2.51. The molecule has 8 nitrogen and oxygen atoms in total. The van der Waals surface area contributed by atoms with Crippen LogP contribution in [0.4, 0.5) is 0 Å². The Kier molecular flexibility index (Phi) is 11.4. The molecule has 0 aromatic heterocycles. The van der Waals surface area contributed by atoms with Gasteiger partial charge in [0.05, 0.1) is 36.2 Å². The molecule has 0 saturated heterocycles. The quantitative estimate of drug-likeness (QED) is 0.156. The molecule has 2 rings (SSSR count). The van der Waals surface area contributed by atoms with Crippen LogP contribution in [0.1, 0.15) is 41.5 Å². The fourth-order valence-corrected chi connectivity index (χ4v) is 3.99. The van der Waals surface area contributed by atoms with Gasteiger partial charge in [0, 0.05) is 11.1 Å². The van der Waals surface area contributed by atoms with Crippen LogP contribution in [-0.2, 0) is 9.59 Å². The molecule has 2 aromatic rings. The van der Waals surface area contributed by atoms with Crippen molar-refractivity contribution in [3.8, 4) is 34.5 Å². The maximum absolute atomic E-state index is 12.2. The van der Waals surface area contributed by atoms with Crippen LogP contribution < -0.4 is 28.4 Å². The molecule has 0 bridgehead atoms. The zero-order valence-electron chi connectivity index (χ0n) is 22.2. The van der Waals surface area contributed by atoms with Gasteiger partial charge < -0.3 is 28.4 Å². The van der Waals surface area contributed by atoms with Crippen LogP contribution in [0.2, 0.25) is 0 Å². The van der Waals surface area contributed by atoms with Crippen LogP contribution in [0.15, 0.2) is 58.4 Å². The topological polar surface area (TPSA) is 89.5 Å². The second-order valence-electron chi connectivity index (χ2n) is 7.61. The molecule has 0 fully saturated rings. The van der Waals surface area contributed by atoms with Crippen molar-refractivity contribution in [2.24, 2.45) is 0 Å². The predicted octanol–water partition coefficient (Wildman–Crippen LogP) is 6.40. The predicted molar refractivity (Wildman–Crippen MR) is 143 cm³/mol. The van der Waals surface area contributed by atoms with Gasteiger partial charge in [-0.3, -0.25) is 0 Å². The number of hydrogen-bond donors (Lipinski definition) is 0. The van der Waals surface area contributed by atoms with Crippen molar-refractivity contribution in [2.45, 2.75) is 51.3 Å². The largest absolute Gasteiger partial charge is 0.489 e. The molecule has 0 unspecified atom stereocenters. The van der Waals surface area contributed by atoms with Crippen LogP contribution in [0.5, 0.6) is 34.5 Å². The highest BCUT2D eigenvalue weighted by Gasteiger charge is 2.24. The number of ether oxygens (including phenoxy) is 6. The van der Waals surface area contributed by atoms with E-state index in [9.17, 15) is 9.59 Å². The molecule has 0 amide bonds. The molecular weight excluding hydrogens is 496 g/mol. The maximum Gasteiger partial charge on any atom is 0.338 e. The molecular formula is C28H34O8S. The van der Waals surface area contributed by atoms with Crippen LogP contribution in [0.25, 0.3) is 0 Å². The van der Waals surface area contributed by atoms with E-state index in [0.29, 0.717) is 59.2 Å². The van der Waals surface area contributed by atoms with E-state index in [2.05, 4.69) is 13.2 Å². The summed E-state index contributed by atoms with van der Waals surface area (Å²) in [4.78, 5) is 25.8. The molecule has 0 aliphatic heterocycles. The molecule has 0 N–H and O–H groups in total. The average Bonchev–Trinajstić information content (AvgIpc) is 2.85. The number of rotatable bonds is 14. The van der Waals surface area contributed by atoms with Gasteiger partial charge in [-0.2, -0.15) is 0 Å². The average molecular weight is 531 g/mol. The summed E-state index contributed by atoms with van der Waals surface area (Å²) < 4.78 is 34.5. The zero-order valence-corrected chi connectivity index (χ0v) is 23.0. The molecule has 0 aliphatic carbocycles. The van der Waals surface area contributed by atoms with Gasteiger partial charge in [-0.25, -0.2) is 9.59 Å². The molecule has 9 heteroatoms. The summed E-state index contributed by atoms with van der Waals surface area (Å²) in [5.74, 6) is 0.763. The highest BCUT2D eigenvalue weighted by molar-refractivity contribution is 7.99. The van der Waals surface area contributed by atoms with E-state index in [1.165, 1.54) is 11.8 Å². The van der Waals surface area contributed by atoms with Crippen molar-refractivity contribution >= 4 is 23.7 Å². The summed E-state index contributed by atoms with van der Waals surface area (Å²) in [5.41, 5.74) is 0.521. The molecule has 0 heterocycles. The Balaban J connectivity index is 2.63. The van der Waals surface area contributed by atoms with Gasteiger partial charge >= 0.3 is 11.9 Å². The summed E-state index contributed by atoms with van der Waals surface area (Å²) in [6.45, 7) is 19.1. The van der Waals surface area contributed by atoms with Crippen molar-refractivity contribution < 1.29 is 38.0 Å². The van der Waals surface area contributed by atoms with E-state index in [1.807, 2.05) is 27.7 Å². The lowest BCUT2D eigenvalue weighted by Crippen LogP contribution is -2.11. The number of hydrogen-bond acceptors (Lipinski definition) is 9. The molecule has 37 heavy (non-hydrogen) atoms. The Morgan fingerprint density at radius 1 is 0.622 bits per heavy atom. The van der Waals surface area contributed by atoms with E-state index in [4.69, 9.17) is 28.4 Å². The Morgan fingerprint density at radius 3 is 1.24 bits per heavy atom. The second-order valence-corrected chi connectivity index (χ2v) is 8.70. The molecule has 0 radical (unpaired) electrons. The number of benzene rings is 2. The van der Waals surface area contributed by atoms with Crippen LogP contribution in [0, 0.1) is 0 Å². The van der Waals surface area contributed by atoms with Crippen molar-refractivity contribution in [2.75, 3.05) is 26.4 Å². The van der Waals surface area contributed by atoms with Crippen LogP contribution >= 0.6 is 11.8 Å². The Hall–Kier alpha value is -3.59. The summed E-state index contributed by atoms with van der Waals surface area (Å²) in [6.07, 6.45) is 0. The third-order valence-electron chi connectivity index (χ3n) is 4.56. The van der Waals surface area contributed by atoms with Gasteiger partial charge in [-0.15, -0.1) is 0 Å². The molecule has 0 spiro atoms. The van der Waals surface area contributed by atoms with E-state index in [1.54, 1.807) is 38.1 Å². The minimum Gasteiger partial charge on any atom is -0.489 e. The molecule has 2 aromatic carbocycles. The molecule has 0 saturated carbocycles. The summed E-state index contributed by atoms with van der Waals surface area (Å²) in [7, 11) is 0. The van der Waals surface area contributed by atoms with Crippen molar-refractivity contribution in [3.05, 3.63) is 48.6 Å². The van der Waals surface area contributed by atoms with Crippen molar-refractivity contribution in [1.29, 1.82) is 0 Å². The molecule has 0 aliphatic rings. The number of carbonyl (C=O) groups is 2. The van der Waals surface area contributed by atoms with Crippen molar-refractivity contribution in [3.63, 3.8) is 0 Å². The van der Waals surface area contributed by atoms with Gasteiger partial charge in [-0.1, -0.05) is 24.9 Å². The zero-order chi connectivity index (χ0) is 27.5. The third kappa shape index (κ3) is 7.69. The minimum absolute atomic E-state index is 0.227. The second kappa shape index (κ2) is 14.2. The number of esters is 2. The summed E-state index contributed by atoms with van der Waals surface area (Å²) in [5, 5.41) is 0. The SMILES string of the molecule is C=C(C)C(=O)Oc1ccc(Sc2ccc(OC(=O)C(=C)C)c(OCC)c2OCC)c(OCC)c1OCC. The maximum atomic E-state index is 12.2.